The summed E-state index contributed by atoms with van der Waals surface area (Å²) in [5, 5.41) is 7.39. The third-order valence-corrected chi connectivity index (χ3v) is 6.81. The van der Waals surface area contributed by atoms with Gasteiger partial charge >= 0.3 is 0 Å². The summed E-state index contributed by atoms with van der Waals surface area (Å²) in [6, 6.07) is 10.8. The standard InChI is InChI=1S/C22H34N2/c1-2-5-18(6-3-1)7-4-8-23-9-10-24-17-22-14-19-11-20(15-22)13-21(12-19)16-22/h1-3,5-6,19-21,23-24H,4,7-17H2. The lowest BCUT2D eigenvalue weighted by molar-refractivity contribution is -0.0511. The zero-order chi connectivity index (χ0) is 16.2. The maximum absolute atomic E-state index is 3.79. The Morgan fingerprint density at radius 1 is 0.792 bits per heavy atom. The zero-order valence-electron chi connectivity index (χ0n) is 15.1. The molecule has 0 saturated heterocycles. The van der Waals surface area contributed by atoms with Crippen LogP contribution in [-0.4, -0.2) is 26.2 Å². The molecule has 0 radical (unpaired) electrons. The van der Waals surface area contributed by atoms with Gasteiger partial charge in [0.2, 0.25) is 0 Å². The molecule has 0 amide bonds. The predicted octanol–water partition coefficient (Wildman–Crippen LogP) is 4.01. The summed E-state index contributed by atoms with van der Waals surface area (Å²) in [7, 11) is 0. The van der Waals surface area contributed by atoms with Crippen LogP contribution in [0.25, 0.3) is 0 Å². The summed E-state index contributed by atoms with van der Waals surface area (Å²) in [4.78, 5) is 0. The van der Waals surface area contributed by atoms with Crippen molar-refractivity contribution in [2.45, 2.75) is 51.4 Å². The highest BCUT2D eigenvalue weighted by atomic mass is 14.9. The molecule has 4 aliphatic carbocycles. The number of aryl methyl sites for hydroxylation is 1. The third kappa shape index (κ3) is 4.03. The Balaban J connectivity index is 1.08. The van der Waals surface area contributed by atoms with E-state index in [0.717, 1.165) is 37.4 Å². The molecule has 1 aromatic carbocycles. The highest BCUT2D eigenvalue weighted by Crippen LogP contribution is 2.59. The van der Waals surface area contributed by atoms with E-state index in [0.29, 0.717) is 5.41 Å². The average molecular weight is 327 g/mol. The minimum atomic E-state index is 0.683. The monoisotopic (exact) mass is 326 g/mol. The Morgan fingerprint density at radius 2 is 1.42 bits per heavy atom. The summed E-state index contributed by atoms with van der Waals surface area (Å²) in [6.45, 7) is 4.66. The lowest BCUT2D eigenvalue weighted by Gasteiger charge is -2.57. The second kappa shape index (κ2) is 7.58. The molecule has 4 aliphatic rings. The van der Waals surface area contributed by atoms with Gasteiger partial charge in [-0.25, -0.2) is 0 Å². The van der Waals surface area contributed by atoms with Crippen LogP contribution in [0.5, 0.6) is 0 Å². The third-order valence-electron chi connectivity index (χ3n) is 6.81. The number of hydrogen-bond donors (Lipinski definition) is 2. The van der Waals surface area contributed by atoms with Gasteiger partial charge in [0.1, 0.15) is 0 Å². The van der Waals surface area contributed by atoms with E-state index in [1.165, 1.54) is 44.2 Å². The molecule has 2 nitrogen and oxygen atoms in total. The van der Waals surface area contributed by atoms with Crippen LogP contribution in [-0.2, 0) is 6.42 Å². The molecule has 0 aliphatic heterocycles. The van der Waals surface area contributed by atoms with Crippen molar-refractivity contribution in [1.29, 1.82) is 0 Å². The first-order chi connectivity index (χ1) is 11.8. The number of benzene rings is 1. The van der Waals surface area contributed by atoms with Crippen LogP contribution in [0.4, 0.5) is 0 Å². The van der Waals surface area contributed by atoms with Gasteiger partial charge in [-0.3, -0.25) is 0 Å². The van der Waals surface area contributed by atoms with E-state index >= 15 is 0 Å². The van der Waals surface area contributed by atoms with Gasteiger partial charge in [0.15, 0.2) is 0 Å². The maximum Gasteiger partial charge on any atom is 0.00769 e. The summed E-state index contributed by atoms with van der Waals surface area (Å²) < 4.78 is 0. The van der Waals surface area contributed by atoms with Crippen molar-refractivity contribution in [1.82, 2.24) is 10.6 Å². The molecule has 2 heteroatoms. The number of nitrogens with one attached hydrogen (secondary N) is 2. The predicted molar refractivity (Wildman–Crippen MR) is 101 cm³/mol. The molecular weight excluding hydrogens is 292 g/mol. The minimum Gasteiger partial charge on any atom is -0.315 e. The van der Waals surface area contributed by atoms with Gasteiger partial charge < -0.3 is 10.6 Å². The Hall–Kier alpha value is -0.860. The summed E-state index contributed by atoms with van der Waals surface area (Å²) in [5.74, 6) is 3.23. The zero-order valence-corrected chi connectivity index (χ0v) is 15.1. The lowest BCUT2D eigenvalue weighted by atomic mass is 9.49. The van der Waals surface area contributed by atoms with Crippen LogP contribution < -0.4 is 10.6 Å². The first-order valence-electron chi connectivity index (χ1n) is 10.3. The van der Waals surface area contributed by atoms with E-state index in [4.69, 9.17) is 0 Å². The van der Waals surface area contributed by atoms with Gasteiger partial charge in [0, 0.05) is 19.6 Å². The molecule has 0 unspecified atom stereocenters. The van der Waals surface area contributed by atoms with Crippen molar-refractivity contribution < 1.29 is 0 Å². The van der Waals surface area contributed by atoms with Crippen LogP contribution in [0.2, 0.25) is 0 Å². The topological polar surface area (TPSA) is 24.1 Å². The lowest BCUT2D eigenvalue weighted by Crippen LogP contribution is -2.50. The van der Waals surface area contributed by atoms with E-state index in [2.05, 4.69) is 41.0 Å². The smallest absolute Gasteiger partial charge is 0.00769 e. The summed E-state index contributed by atoms with van der Waals surface area (Å²) in [5.41, 5.74) is 2.14. The average Bonchev–Trinajstić information content (AvgIpc) is 2.57. The van der Waals surface area contributed by atoms with E-state index in [1.807, 2.05) is 0 Å². The van der Waals surface area contributed by atoms with Gasteiger partial charge in [-0.15, -0.1) is 0 Å². The van der Waals surface area contributed by atoms with Gasteiger partial charge in [-0.2, -0.15) is 0 Å². The fourth-order valence-electron chi connectivity index (χ4n) is 6.22. The molecule has 4 fully saturated rings. The molecule has 24 heavy (non-hydrogen) atoms. The molecule has 1 aromatic rings. The molecule has 4 saturated carbocycles. The molecule has 2 N–H and O–H groups in total. The van der Waals surface area contributed by atoms with Crippen molar-refractivity contribution in [3.05, 3.63) is 35.9 Å². The van der Waals surface area contributed by atoms with Gasteiger partial charge in [-0.05, 0) is 86.6 Å². The summed E-state index contributed by atoms with van der Waals surface area (Å²) >= 11 is 0. The van der Waals surface area contributed by atoms with Crippen molar-refractivity contribution in [3.8, 4) is 0 Å². The minimum absolute atomic E-state index is 0.683. The second-order valence-electron chi connectivity index (χ2n) is 8.93. The van der Waals surface area contributed by atoms with Crippen LogP contribution in [0.15, 0.2) is 30.3 Å². The normalized spacial score (nSPS) is 33.9. The molecule has 0 atom stereocenters. The first kappa shape index (κ1) is 16.6. The van der Waals surface area contributed by atoms with Crippen LogP contribution in [0, 0.1) is 23.2 Å². The maximum atomic E-state index is 3.79. The molecule has 4 bridgehead atoms. The van der Waals surface area contributed by atoms with E-state index in [1.54, 1.807) is 19.3 Å². The molecule has 0 spiro atoms. The molecular formula is C22H34N2. The van der Waals surface area contributed by atoms with Crippen LogP contribution in [0.1, 0.15) is 50.5 Å². The van der Waals surface area contributed by atoms with Gasteiger partial charge in [0.25, 0.3) is 0 Å². The van der Waals surface area contributed by atoms with Crippen LogP contribution in [0.3, 0.4) is 0 Å². The fraction of sp³-hybridized carbons (Fsp3) is 0.727. The van der Waals surface area contributed by atoms with Crippen molar-refractivity contribution >= 4 is 0 Å². The Kier molecular flexibility index (Phi) is 5.24. The van der Waals surface area contributed by atoms with Gasteiger partial charge in [-0.1, -0.05) is 30.3 Å². The Labute approximate surface area is 147 Å². The molecule has 5 rings (SSSR count). The number of rotatable bonds is 9. The van der Waals surface area contributed by atoms with E-state index in [9.17, 15) is 0 Å². The largest absolute Gasteiger partial charge is 0.315 e. The van der Waals surface area contributed by atoms with E-state index in [-0.39, 0.29) is 0 Å². The first-order valence-corrected chi connectivity index (χ1v) is 10.3. The molecule has 132 valence electrons. The fourth-order valence-corrected chi connectivity index (χ4v) is 6.22. The quantitative estimate of drug-likeness (QED) is 0.670. The Morgan fingerprint density at radius 3 is 2.08 bits per heavy atom. The number of hydrogen-bond acceptors (Lipinski definition) is 2. The Bertz CT molecular complexity index is 475. The van der Waals surface area contributed by atoms with Crippen molar-refractivity contribution in [2.24, 2.45) is 23.2 Å². The van der Waals surface area contributed by atoms with Crippen molar-refractivity contribution in [3.63, 3.8) is 0 Å². The van der Waals surface area contributed by atoms with Gasteiger partial charge in [0.05, 0.1) is 0 Å². The second-order valence-corrected chi connectivity index (χ2v) is 8.93. The highest BCUT2D eigenvalue weighted by molar-refractivity contribution is 5.14. The SMILES string of the molecule is c1ccc(CCCNCCNCC23CC4CC(CC(C4)C2)C3)cc1. The van der Waals surface area contributed by atoms with E-state index < -0.39 is 0 Å². The highest BCUT2D eigenvalue weighted by Gasteiger charge is 2.50. The summed E-state index contributed by atoms with van der Waals surface area (Å²) in [6.07, 6.45) is 11.7. The molecule has 0 heterocycles. The van der Waals surface area contributed by atoms with Crippen LogP contribution >= 0.6 is 0 Å². The molecule has 0 aromatic heterocycles. The van der Waals surface area contributed by atoms with Crippen molar-refractivity contribution in [2.75, 3.05) is 26.2 Å².